The Kier molecular flexibility index (Phi) is 5.74. The molecule has 0 aliphatic carbocycles. The summed E-state index contributed by atoms with van der Waals surface area (Å²) in [5.41, 5.74) is 2.23. The Labute approximate surface area is 132 Å². The van der Waals surface area contributed by atoms with Crippen LogP contribution in [0.25, 0.3) is 11.0 Å². The van der Waals surface area contributed by atoms with Crippen LogP contribution in [-0.2, 0) is 6.42 Å². The van der Waals surface area contributed by atoms with E-state index in [0.717, 1.165) is 49.1 Å². The molecule has 0 aliphatic rings. The minimum absolute atomic E-state index is 0.921. The van der Waals surface area contributed by atoms with Crippen LogP contribution in [0.1, 0.15) is 45.6 Å². The van der Waals surface area contributed by atoms with Crippen LogP contribution in [0.3, 0.4) is 0 Å². The summed E-state index contributed by atoms with van der Waals surface area (Å²) in [6.45, 7) is 8.62. The molecule has 0 aromatic carbocycles. The van der Waals surface area contributed by atoms with Crippen molar-refractivity contribution in [2.45, 2.75) is 46.5 Å². The van der Waals surface area contributed by atoms with Crippen LogP contribution in [0, 0.1) is 4.64 Å². The summed E-state index contributed by atoms with van der Waals surface area (Å²) in [6, 6.07) is 6.33. The zero-order valence-electron chi connectivity index (χ0n) is 13.3. The lowest BCUT2D eigenvalue weighted by Crippen LogP contribution is -2.37. The van der Waals surface area contributed by atoms with E-state index < -0.39 is 0 Å². The molecule has 0 radical (unpaired) electrons. The molecule has 3 nitrogen and oxygen atoms in total. The number of aryl methyl sites for hydroxylation is 1. The molecule has 0 saturated heterocycles. The van der Waals surface area contributed by atoms with E-state index in [9.17, 15) is 0 Å². The first-order valence-electron chi connectivity index (χ1n) is 7.97. The van der Waals surface area contributed by atoms with Crippen molar-refractivity contribution in [3.63, 3.8) is 0 Å². The molecule has 114 valence electrons. The number of nitrogens with zero attached hydrogens (tertiary/aromatic N) is 3. The van der Waals surface area contributed by atoms with Gasteiger partial charge in [0.2, 0.25) is 0 Å². The standard InChI is InChI=1S/C17H25N3S/c1-4-8-15-13-14-9-7-10-18-16(14)20(17(15)21)19(11-5-2)12-6-3/h7,9-10,13H,4-6,8,11-12H2,1-3H3. The third kappa shape index (κ3) is 3.43. The fourth-order valence-electron chi connectivity index (χ4n) is 2.72. The molecule has 2 rings (SSSR count). The Morgan fingerprint density at radius 2 is 1.86 bits per heavy atom. The highest BCUT2D eigenvalue weighted by molar-refractivity contribution is 7.71. The highest BCUT2D eigenvalue weighted by Gasteiger charge is 2.12. The van der Waals surface area contributed by atoms with Crippen LogP contribution in [0.15, 0.2) is 24.4 Å². The first-order chi connectivity index (χ1) is 10.2. The summed E-state index contributed by atoms with van der Waals surface area (Å²) in [7, 11) is 0. The lowest BCUT2D eigenvalue weighted by atomic mass is 10.1. The van der Waals surface area contributed by atoms with Gasteiger partial charge in [-0.2, -0.15) is 0 Å². The van der Waals surface area contributed by atoms with Crippen molar-refractivity contribution in [2.75, 3.05) is 18.1 Å². The van der Waals surface area contributed by atoms with E-state index in [2.05, 4.69) is 47.6 Å². The monoisotopic (exact) mass is 303 g/mol. The quantitative estimate of drug-likeness (QED) is 0.704. The summed E-state index contributed by atoms with van der Waals surface area (Å²) in [6.07, 6.45) is 6.19. The van der Waals surface area contributed by atoms with Crippen molar-refractivity contribution >= 4 is 23.3 Å². The normalized spacial score (nSPS) is 11.0. The zero-order chi connectivity index (χ0) is 15.2. The molecule has 21 heavy (non-hydrogen) atoms. The van der Waals surface area contributed by atoms with Gasteiger partial charge in [-0.05, 0) is 43.0 Å². The van der Waals surface area contributed by atoms with Gasteiger partial charge in [0.05, 0.1) is 0 Å². The molecule has 2 aromatic rings. The Morgan fingerprint density at radius 1 is 1.14 bits per heavy atom. The molecule has 0 aliphatic heterocycles. The first-order valence-corrected chi connectivity index (χ1v) is 8.38. The van der Waals surface area contributed by atoms with Gasteiger partial charge in [0.25, 0.3) is 0 Å². The molecular weight excluding hydrogens is 278 g/mol. The fraction of sp³-hybridized carbons (Fsp3) is 0.529. The molecule has 2 aromatic heterocycles. The largest absolute Gasteiger partial charge is 0.310 e. The number of rotatable bonds is 7. The average molecular weight is 303 g/mol. The van der Waals surface area contributed by atoms with Crippen molar-refractivity contribution in [3.05, 3.63) is 34.6 Å². The van der Waals surface area contributed by atoms with Gasteiger partial charge in [-0.25, -0.2) is 9.66 Å². The van der Waals surface area contributed by atoms with Crippen LogP contribution in [0.4, 0.5) is 0 Å². The number of aromatic nitrogens is 2. The van der Waals surface area contributed by atoms with Crippen molar-refractivity contribution in [1.82, 2.24) is 9.66 Å². The van der Waals surface area contributed by atoms with E-state index in [-0.39, 0.29) is 0 Å². The lowest BCUT2D eigenvalue weighted by Gasteiger charge is -2.28. The van der Waals surface area contributed by atoms with Crippen molar-refractivity contribution in [2.24, 2.45) is 0 Å². The van der Waals surface area contributed by atoms with Crippen molar-refractivity contribution in [1.29, 1.82) is 0 Å². The maximum atomic E-state index is 5.77. The molecule has 0 amide bonds. The Morgan fingerprint density at radius 3 is 2.48 bits per heavy atom. The van der Waals surface area contributed by atoms with Gasteiger partial charge in [-0.1, -0.05) is 39.4 Å². The van der Waals surface area contributed by atoms with E-state index in [0.29, 0.717) is 0 Å². The van der Waals surface area contributed by atoms with Gasteiger partial charge < -0.3 is 5.01 Å². The molecule has 0 spiro atoms. The fourth-order valence-corrected chi connectivity index (χ4v) is 3.08. The third-order valence-corrected chi connectivity index (χ3v) is 4.02. The van der Waals surface area contributed by atoms with Crippen LogP contribution in [0.2, 0.25) is 0 Å². The second-order valence-electron chi connectivity index (χ2n) is 5.41. The smallest absolute Gasteiger partial charge is 0.159 e. The maximum Gasteiger partial charge on any atom is 0.159 e. The zero-order valence-corrected chi connectivity index (χ0v) is 14.1. The Hall–Kier alpha value is -1.42. The van der Waals surface area contributed by atoms with Gasteiger partial charge >= 0.3 is 0 Å². The van der Waals surface area contributed by atoms with E-state index >= 15 is 0 Å². The lowest BCUT2D eigenvalue weighted by molar-refractivity contribution is 0.570. The second kappa shape index (κ2) is 7.55. The van der Waals surface area contributed by atoms with Crippen LogP contribution in [-0.4, -0.2) is 22.7 Å². The van der Waals surface area contributed by atoms with Gasteiger partial charge in [0, 0.05) is 24.7 Å². The van der Waals surface area contributed by atoms with Crippen LogP contribution >= 0.6 is 12.2 Å². The van der Waals surface area contributed by atoms with Crippen LogP contribution in [0.5, 0.6) is 0 Å². The number of fused-ring (bicyclic) bond motifs is 1. The molecule has 0 fully saturated rings. The topological polar surface area (TPSA) is 21.1 Å². The molecule has 2 heterocycles. The van der Waals surface area contributed by atoms with Crippen LogP contribution < -0.4 is 5.01 Å². The number of hydrogen-bond donors (Lipinski definition) is 0. The molecule has 0 atom stereocenters. The molecular formula is C17H25N3S. The van der Waals surface area contributed by atoms with Gasteiger partial charge in [0.15, 0.2) is 5.65 Å². The van der Waals surface area contributed by atoms with Crippen molar-refractivity contribution in [3.8, 4) is 0 Å². The Bertz CT molecular complexity index is 642. The van der Waals surface area contributed by atoms with Gasteiger partial charge in [0.1, 0.15) is 4.64 Å². The van der Waals surface area contributed by atoms with Gasteiger partial charge in [-0.3, -0.25) is 0 Å². The second-order valence-corrected chi connectivity index (χ2v) is 5.79. The summed E-state index contributed by atoms with van der Waals surface area (Å²) in [5, 5.41) is 3.52. The molecule has 0 saturated carbocycles. The molecule has 4 heteroatoms. The van der Waals surface area contributed by atoms with E-state index in [4.69, 9.17) is 12.2 Å². The minimum Gasteiger partial charge on any atom is -0.310 e. The summed E-state index contributed by atoms with van der Waals surface area (Å²) in [4.78, 5) is 4.58. The van der Waals surface area contributed by atoms with E-state index in [1.54, 1.807) is 0 Å². The molecule has 0 N–H and O–H groups in total. The summed E-state index contributed by atoms with van der Waals surface area (Å²) < 4.78 is 3.09. The summed E-state index contributed by atoms with van der Waals surface area (Å²) in [5.74, 6) is 0. The van der Waals surface area contributed by atoms with Gasteiger partial charge in [-0.15, -0.1) is 0 Å². The van der Waals surface area contributed by atoms with E-state index in [1.165, 1.54) is 10.9 Å². The maximum absolute atomic E-state index is 5.77. The molecule has 0 unspecified atom stereocenters. The number of hydrogen-bond acceptors (Lipinski definition) is 3. The molecule has 0 bridgehead atoms. The first kappa shape index (κ1) is 16.0. The third-order valence-electron chi connectivity index (χ3n) is 3.58. The number of pyridine rings is 2. The predicted octanol–water partition coefficient (Wildman–Crippen LogP) is 4.48. The minimum atomic E-state index is 0.921. The highest BCUT2D eigenvalue weighted by atomic mass is 32.1. The average Bonchev–Trinajstić information content (AvgIpc) is 2.48. The summed E-state index contributed by atoms with van der Waals surface area (Å²) >= 11 is 5.77. The SMILES string of the molecule is CCCc1cc2cccnc2n(N(CCC)CCC)c1=S. The Balaban J connectivity index is 2.67. The highest BCUT2D eigenvalue weighted by Crippen LogP contribution is 2.18. The van der Waals surface area contributed by atoms with Crippen molar-refractivity contribution < 1.29 is 0 Å². The van der Waals surface area contributed by atoms with E-state index in [1.807, 2.05) is 12.3 Å². The predicted molar refractivity (Wildman–Crippen MR) is 93.1 cm³/mol.